The fourth-order valence-corrected chi connectivity index (χ4v) is 4.64. The fraction of sp³-hybridized carbons (Fsp3) is 0.400. The summed E-state index contributed by atoms with van der Waals surface area (Å²) in [6, 6.07) is 2.91. The van der Waals surface area contributed by atoms with Gasteiger partial charge in [0.15, 0.2) is 17.0 Å². The number of rotatable bonds is 3. The number of hydrogen-bond donors (Lipinski definition) is 4. The maximum Gasteiger partial charge on any atom is 0.229 e. The van der Waals surface area contributed by atoms with Crippen LogP contribution in [0.3, 0.4) is 0 Å². The number of fused-ring (bicyclic) bond motifs is 2. The van der Waals surface area contributed by atoms with Gasteiger partial charge >= 0.3 is 0 Å². The van der Waals surface area contributed by atoms with Gasteiger partial charge in [-0.15, -0.1) is 5.10 Å². The van der Waals surface area contributed by atoms with E-state index in [-0.39, 0.29) is 17.6 Å². The molecule has 2 aliphatic carbocycles. The van der Waals surface area contributed by atoms with Gasteiger partial charge in [0, 0.05) is 26.2 Å². The zero-order valence-electron chi connectivity index (χ0n) is 16.8. The smallest absolute Gasteiger partial charge is 0.229 e. The number of hydrogen-bond acceptors (Lipinski definition) is 9. The third-order valence-electron chi connectivity index (χ3n) is 6.18. The normalized spacial score (nSPS) is 28.5. The topological polar surface area (TPSA) is 151 Å². The molecule has 3 heterocycles. The first-order valence-corrected chi connectivity index (χ1v) is 9.81. The monoisotopic (exact) mass is 420 g/mol. The van der Waals surface area contributed by atoms with Crippen molar-refractivity contribution in [1.29, 1.82) is 0 Å². The lowest BCUT2D eigenvalue weighted by Crippen LogP contribution is -2.41. The molecule has 0 bridgehead atoms. The number of nitrogens with zero attached hydrogens (tertiary/aromatic N) is 6. The maximum absolute atomic E-state index is 12.4. The zero-order valence-corrected chi connectivity index (χ0v) is 16.8. The minimum absolute atomic E-state index is 0.225. The highest BCUT2D eigenvalue weighted by atomic mass is 16.3. The van der Waals surface area contributed by atoms with Crippen molar-refractivity contribution in [2.45, 2.75) is 24.7 Å². The average molecular weight is 420 g/mol. The molecule has 3 aromatic heterocycles. The molecule has 31 heavy (non-hydrogen) atoms. The number of carbonyl (C=O) groups is 1. The second-order valence-electron chi connectivity index (χ2n) is 7.68. The first kappa shape index (κ1) is 19.3. The van der Waals surface area contributed by atoms with E-state index < -0.39 is 23.7 Å². The van der Waals surface area contributed by atoms with Crippen molar-refractivity contribution in [3.05, 3.63) is 36.2 Å². The second-order valence-corrected chi connectivity index (χ2v) is 7.68. The van der Waals surface area contributed by atoms with E-state index in [0.717, 1.165) is 0 Å². The van der Waals surface area contributed by atoms with Gasteiger partial charge in [-0.05, 0) is 30.4 Å². The summed E-state index contributed by atoms with van der Waals surface area (Å²) in [7, 11) is 3.24. The Balaban J connectivity index is 1.58. The molecule has 4 N–H and O–H groups in total. The Labute approximate surface area is 177 Å². The summed E-state index contributed by atoms with van der Waals surface area (Å²) in [6.07, 6.45) is 1.30. The molecule has 0 aliphatic heterocycles. The summed E-state index contributed by atoms with van der Waals surface area (Å²) in [5, 5.41) is 34.7. The van der Waals surface area contributed by atoms with Crippen LogP contribution >= 0.6 is 0 Å². The quantitative estimate of drug-likeness (QED) is 0.395. The maximum atomic E-state index is 12.4. The minimum Gasteiger partial charge on any atom is -0.389 e. The van der Waals surface area contributed by atoms with Gasteiger partial charge in [0.2, 0.25) is 11.7 Å². The van der Waals surface area contributed by atoms with E-state index in [0.29, 0.717) is 29.1 Å². The van der Waals surface area contributed by atoms with Gasteiger partial charge in [0.25, 0.3) is 0 Å². The van der Waals surface area contributed by atoms with Gasteiger partial charge in [0.1, 0.15) is 11.8 Å². The van der Waals surface area contributed by atoms with Gasteiger partial charge in [-0.3, -0.25) is 4.79 Å². The Morgan fingerprint density at radius 2 is 2.13 bits per heavy atom. The van der Waals surface area contributed by atoms with Gasteiger partial charge < -0.3 is 25.4 Å². The summed E-state index contributed by atoms with van der Waals surface area (Å²) >= 11 is 0. The van der Waals surface area contributed by atoms with Crippen LogP contribution in [0.1, 0.15) is 24.0 Å². The molecule has 11 heteroatoms. The molecule has 0 radical (unpaired) electrons. The van der Waals surface area contributed by atoms with E-state index >= 15 is 0 Å². The lowest BCUT2D eigenvalue weighted by molar-refractivity contribution is -0.132. The highest BCUT2D eigenvalue weighted by Gasteiger charge is 2.75. The molecule has 5 rings (SSSR count). The molecule has 11 nitrogen and oxygen atoms in total. The van der Waals surface area contributed by atoms with E-state index in [9.17, 15) is 15.0 Å². The number of nitrogens with one attached hydrogen (secondary N) is 2. The molecular weight excluding hydrogens is 400 g/mol. The van der Waals surface area contributed by atoms with E-state index in [1.807, 2.05) is 0 Å². The van der Waals surface area contributed by atoms with Gasteiger partial charge in [0.05, 0.1) is 23.9 Å². The Morgan fingerprint density at radius 1 is 1.29 bits per heavy atom. The lowest BCUT2D eigenvalue weighted by Gasteiger charge is -2.23. The molecule has 2 saturated carbocycles. The molecule has 0 saturated heterocycles. The largest absolute Gasteiger partial charge is 0.389 e. The zero-order chi connectivity index (χ0) is 21.8. The minimum atomic E-state index is -1.17. The Kier molecular flexibility index (Phi) is 4.35. The number of amides is 1. The van der Waals surface area contributed by atoms with E-state index in [1.165, 1.54) is 7.05 Å². The standard InChI is InChI=1S/C20H20N8O3/c1-21-17-13-18(26-12(25-17)6-5-10-4-3-7-24-27-10)28(9-23-13)14-11-8-20(11,19(31)22-2)16(30)15(14)29/h3-4,7,9,11,14-16,29-30H,8H2,1-2H3,(H,22,31)(H,21,25,26)/t11-,14-,15+,16+,20+/m1/s1. The molecule has 2 aliphatic rings. The van der Waals surface area contributed by atoms with Crippen molar-refractivity contribution in [2.75, 3.05) is 19.4 Å². The Hall–Kier alpha value is -3.62. The van der Waals surface area contributed by atoms with Crippen molar-refractivity contribution in [3.63, 3.8) is 0 Å². The summed E-state index contributed by atoms with van der Waals surface area (Å²) in [5.41, 5.74) is 0.461. The van der Waals surface area contributed by atoms with Gasteiger partial charge in [-0.2, -0.15) is 5.10 Å². The van der Waals surface area contributed by atoms with Crippen LogP contribution in [0, 0.1) is 23.2 Å². The summed E-state index contributed by atoms with van der Waals surface area (Å²) in [5.74, 6) is 5.98. The van der Waals surface area contributed by atoms with Crippen LogP contribution in [-0.2, 0) is 4.79 Å². The molecule has 2 fully saturated rings. The van der Waals surface area contributed by atoms with Gasteiger partial charge in [-0.25, -0.2) is 15.0 Å². The average Bonchev–Trinajstić information content (AvgIpc) is 3.34. The Morgan fingerprint density at radius 3 is 2.84 bits per heavy atom. The van der Waals surface area contributed by atoms with Crippen LogP contribution in [0.15, 0.2) is 24.7 Å². The summed E-state index contributed by atoms with van der Waals surface area (Å²) in [4.78, 5) is 25.8. The van der Waals surface area contributed by atoms with E-state index in [1.54, 1.807) is 36.3 Å². The third kappa shape index (κ3) is 2.76. The van der Waals surface area contributed by atoms with Crippen LogP contribution < -0.4 is 10.6 Å². The number of anilines is 1. The summed E-state index contributed by atoms with van der Waals surface area (Å²) in [6.45, 7) is 0. The molecule has 3 aromatic rings. The highest BCUT2D eigenvalue weighted by molar-refractivity contribution is 5.88. The van der Waals surface area contributed by atoms with Crippen molar-refractivity contribution in [3.8, 4) is 11.8 Å². The van der Waals surface area contributed by atoms with Gasteiger partial charge in [-0.1, -0.05) is 0 Å². The predicted molar refractivity (Wildman–Crippen MR) is 109 cm³/mol. The predicted octanol–water partition coefficient (Wildman–Crippen LogP) is -0.913. The molecule has 1 amide bonds. The first-order chi connectivity index (χ1) is 15.0. The molecule has 0 aromatic carbocycles. The number of aromatic nitrogens is 6. The fourth-order valence-electron chi connectivity index (χ4n) is 4.64. The molecular formula is C20H20N8O3. The number of aliphatic hydroxyl groups is 2. The van der Waals surface area contributed by atoms with Crippen molar-refractivity contribution >= 4 is 22.9 Å². The number of carbonyl (C=O) groups excluding carboxylic acids is 1. The van der Waals surface area contributed by atoms with E-state index in [2.05, 4.69) is 47.6 Å². The lowest BCUT2D eigenvalue weighted by atomic mass is 9.98. The summed E-state index contributed by atoms with van der Waals surface area (Å²) < 4.78 is 1.71. The molecule has 0 spiro atoms. The van der Waals surface area contributed by atoms with Crippen molar-refractivity contribution < 1.29 is 15.0 Å². The third-order valence-corrected chi connectivity index (χ3v) is 6.18. The SMILES string of the molecule is CNC(=O)[C@@]12C[C@@H]1[C@@H](n1cnc3c(NC)nc(C#Cc4cccnn4)nc31)[C@H](O)[C@@H]2O. The molecule has 158 valence electrons. The van der Waals surface area contributed by atoms with Crippen LogP contribution in [0.5, 0.6) is 0 Å². The van der Waals surface area contributed by atoms with Crippen molar-refractivity contribution in [2.24, 2.45) is 11.3 Å². The number of aliphatic hydroxyl groups excluding tert-OH is 2. The van der Waals surface area contributed by atoms with Crippen LogP contribution in [0.2, 0.25) is 0 Å². The van der Waals surface area contributed by atoms with Crippen LogP contribution in [0.4, 0.5) is 5.82 Å². The number of imidazole rings is 1. The Bertz CT molecular complexity index is 1230. The van der Waals surface area contributed by atoms with Crippen LogP contribution in [-0.4, -0.2) is 72.1 Å². The molecule has 5 atom stereocenters. The highest BCUT2D eigenvalue weighted by Crippen LogP contribution is 2.67. The van der Waals surface area contributed by atoms with E-state index in [4.69, 9.17) is 0 Å². The van der Waals surface area contributed by atoms with Crippen LogP contribution in [0.25, 0.3) is 11.2 Å². The molecule has 0 unspecified atom stereocenters. The first-order valence-electron chi connectivity index (χ1n) is 9.81. The second kappa shape index (κ2) is 6.97. The van der Waals surface area contributed by atoms with Crippen molar-refractivity contribution in [1.82, 2.24) is 35.0 Å².